The number of aromatic nitrogens is 3. The SMILES string of the molecule is COc1cc(OC)c(-c2nc(N3CCOCC3)c3sc(CN(C)C(C)=O)cc3n2)cn1. The highest BCUT2D eigenvalue weighted by atomic mass is 32.1. The molecule has 1 aliphatic rings. The molecule has 1 saturated heterocycles. The van der Waals surface area contributed by atoms with Crippen molar-refractivity contribution >= 4 is 33.3 Å². The average Bonchev–Trinajstić information content (AvgIpc) is 3.20. The quantitative estimate of drug-likeness (QED) is 0.574. The number of nitrogens with zero attached hydrogens (tertiary/aromatic N) is 5. The highest BCUT2D eigenvalue weighted by Crippen LogP contribution is 2.37. The molecule has 1 amide bonds. The fraction of sp³-hybridized carbons (Fsp3) is 0.429. The van der Waals surface area contributed by atoms with E-state index in [-0.39, 0.29) is 5.91 Å². The van der Waals surface area contributed by atoms with Gasteiger partial charge in [0.25, 0.3) is 0 Å². The zero-order valence-corrected chi connectivity index (χ0v) is 18.9. The average molecular weight is 444 g/mol. The molecule has 3 aromatic rings. The van der Waals surface area contributed by atoms with Gasteiger partial charge in [0.1, 0.15) is 5.75 Å². The van der Waals surface area contributed by atoms with Crippen LogP contribution in [0.2, 0.25) is 0 Å². The molecule has 1 aliphatic heterocycles. The molecule has 3 aromatic heterocycles. The third-order valence-electron chi connectivity index (χ3n) is 5.16. The minimum Gasteiger partial charge on any atom is -0.496 e. The van der Waals surface area contributed by atoms with Crippen molar-refractivity contribution in [3.8, 4) is 23.0 Å². The molecule has 0 spiro atoms. The maximum Gasteiger partial charge on any atom is 0.219 e. The smallest absolute Gasteiger partial charge is 0.219 e. The van der Waals surface area contributed by atoms with Gasteiger partial charge in [-0.1, -0.05) is 0 Å². The number of methoxy groups -OCH3 is 2. The standard InChI is InChI=1S/C21H25N5O4S/c1-13(27)25(2)12-14-9-16-19(31-14)21(26-5-7-30-8-6-26)24-20(23-16)15-11-22-18(29-4)10-17(15)28-3/h9-11H,5-8,12H2,1-4H3. The van der Waals surface area contributed by atoms with Crippen molar-refractivity contribution in [2.24, 2.45) is 0 Å². The van der Waals surface area contributed by atoms with Crippen LogP contribution in [0.4, 0.5) is 5.82 Å². The van der Waals surface area contributed by atoms with Crippen molar-refractivity contribution in [2.75, 3.05) is 52.5 Å². The van der Waals surface area contributed by atoms with E-state index in [2.05, 4.69) is 9.88 Å². The van der Waals surface area contributed by atoms with Crippen LogP contribution in [0, 0.1) is 0 Å². The fourth-order valence-electron chi connectivity index (χ4n) is 3.36. The molecule has 4 heterocycles. The van der Waals surface area contributed by atoms with Crippen LogP contribution >= 0.6 is 11.3 Å². The molecule has 0 bridgehead atoms. The summed E-state index contributed by atoms with van der Waals surface area (Å²) >= 11 is 1.61. The summed E-state index contributed by atoms with van der Waals surface area (Å²) in [5.41, 5.74) is 1.52. The van der Waals surface area contributed by atoms with Crippen LogP contribution in [0.15, 0.2) is 18.3 Å². The van der Waals surface area contributed by atoms with Gasteiger partial charge in [0, 0.05) is 44.2 Å². The Morgan fingerprint density at radius 1 is 1.23 bits per heavy atom. The van der Waals surface area contributed by atoms with E-state index >= 15 is 0 Å². The second-order valence-corrected chi connectivity index (χ2v) is 8.34. The Bertz CT molecular complexity index is 1100. The summed E-state index contributed by atoms with van der Waals surface area (Å²) in [4.78, 5) is 30.7. The number of morpholine rings is 1. The van der Waals surface area contributed by atoms with Crippen LogP contribution in [0.1, 0.15) is 11.8 Å². The number of ether oxygens (including phenoxy) is 3. The lowest BCUT2D eigenvalue weighted by Crippen LogP contribution is -2.36. The molecular weight excluding hydrogens is 418 g/mol. The normalized spacial score (nSPS) is 14.0. The van der Waals surface area contributed by atoms with Crippen molar-refractivity contribution in [2.45, 2.75) is 13.5 Å². The van der Waals surface area contributed by atoms with Crippen molar-refractivity contribution in [3.05, 3.63) is 23.2 Å². The monoisotopic (exact) mass is 443 g/mol. The van der Waals surface area contributed by atoms with Crippen LogP contribution < -0.4 is 14.4 Å². The first-order valence-corrected chi connectivity index (χ1v) is 10.7. The lowest BCUT2D eigenvalue weighted by molar-refractivity contribution is -0.128. The number of thiophene rings is 1. The molecule has 0 saturated carbocycles. The van der Waals surface area contributed by atoms with Crippen molar-refractivity contribution in [1.82, 2.24) is 19.9 Å². The molecular formula is C21H25N5O4S. The molecule has 4 rings (SSSR count). The molecule has 0 N–H and O–H groups in total. The van der Waals surface area contributed by atoms with E-state index in [4.69, 9.17) is 24.2 Å². The summed E-state index contributed by atoms with van der Waals surface area (Å²) in [6.45, 7) is 4.91. The number of rotatable bonds is 6. The van der Waals surface area contributed by atoms with E-state index in [1.54, 1.807) is 56.7 Å². The summed E-state index contributed by atoms with van der Waals surface area (Å²) in [6.07, 6.45) is 1.67. The fourth-order valence-corrected chi connectivity index (χ4v) is 4.53. The van der Waals surface area contributed by atoms with Gasteiger partial charge in [0.05, 0.1) is 49.8 Å². The Morgan fingerprint density at radius 3 is 2.68 bits per heavy atom. The Balaban J connectivity index is 1.84. The summed E-state index contributed by atoms with van der Waals surface area (Å²) in [6, 6.07) is 3.75. The van der Waals surface area contributed by atoms with Crippen LogP contribution in [-0.2, 0) is 16.1 Å². The first kappa shape index (κ1) is 21.3. The number of carbonyl (C=O) groups is 1. The van der Waals surface area contributed by atoms with Gasteiger partial charge in [-0.15, -0.1) is 11.3 Å². The zero-order chi connectivity index (χ0) is 22.0. The molecule has 31 heavy (non-hydrogen) atoms. The Hall–Kier alpha value is -2.98. The highest BCUT2D eigenvalue weighted by Gasteiger charge is 2.22. The van der Waals surface area contributed by atoms with Gasteiger partial charge in [0.2, 0.25) is 11.8 Å². The van der Waals surface area contributed by atoms with Crippen LogP contribution in [0.5, 0.6) is 11.6 Å². The van der Waals surface area contributed by atoms with E-state index < -0.39 is 0 Å². The van der Waals surface area contributed by atoms with Gasteiger partial charge >= 0.3 is 0 Å². The van der Waals surface area contributed by atoms with Crippen LogP contribution in [0.3, 0.4) is 0 Å². The van der Waals surface area contributed by atoms with Gasteiger partial charge in [-0.05, 0) is 6.07 Å². The lowest BCUT2D eigenvalue weighted by Gasteiger charge is -2.28. The maximum absolute atomic E-state index is 11.7. The summed E-state index contributed by atoms with van der Waals surface area (Å²) in [5, 5.41) is 0. The third kappa shape index (κ3) is 4.40. The Kier molecular flexibility index (Phi) is 6.19. The van der Waals surface area contributed by atoms with E-state index in [0.717, 1.165) is 34.0 Å². The van der Waals surface area contributed by atoms with Crippen molar-refractivity contribution in [3.63, 3.8) is 0 Å². The van der Waals surface area contributed by atoms with E-state index in [1.807, 2.05) is 6.07 Å². The minimum absolute atomic E-state index is 0.0201. The predicted octanol–water partition coefficient (Wildman–Crippen LogP) is 2.59. The van der Waals surface area contributed by atoms with Gasteiger partial charge in [0.15, 0.2) is 11.6 Å². The number of anilines is 1. The van der Waals surface area contributed by atoms with Gasteiger partial charge in [-0.25, -0.2) is 15.0 Å². The third-order valence-corrected chi connectivity index (χ3v) is 6.26. The second-order valence-electron chi connectivity index (χ2n) is 7.20. The summed E-state index contributed by atoms with van der Waals surface area (Å²) < 4.78 is 17.3. The maximum atomic E-state index is 11.7. The Labute approximate surface area is 184 Å². The molecule has 0 aromatic carbocycles. The first-order chi connectivity index (χ1) is 15.0. The number of hydrogen-bond acceptors (Lipinski definition) is 9. The van der Waals surface area contributed by atoms with E-state index in [0.29, 0.717) is 42.8 Å². The summed E-state index contributed by atoms with van der Waals surface area (Å²) in [5.74, 6) is 2.46. The largest absolute Gasteiger partial charge is 0.496 e. The van der Waals surface area contributed by atoms with Gasteiger partial charge in [-0.2, -0.15) is 0 Å². The van der Waals surface area contributed by atoms with E-state index in [9.17, 15) is 4.79 Å². The predicted molar refractivity (Wildman–Crippen MR) is 119 cm³/mol. The lowest BCUT2D eigenvalue weighted by atomic mass is 10.2. The van der Waals surface area contributed by atoms with Gasteiger partial charge < -0.3 is 24.0 Å². The summed E-state index contributed by atoms with van der Waals surface area (Å²) in [7, 11) is 4.95. The molecule has 0 unspecified atom stereocenters. The minimum atomic E-state index is 0.0201. The molecule has 1 fully saturated rings. The topological polar surface area (TPSA) is 89.9 Å². The number of carbonyl (C=O) groups excluding carboxylic acids is 1. The number of pyridine rings is 1. The van der Waals surface area contributed by atoms with E-state index in [1.165, 1.54) is 0 Å². The molecule has 0 atom stereocenters. The van der Waals surface area contributed by atoms with Crippen molar-refractivity contribution < 1.29 is 19.0 Å². The number of hydrogen-bond donors (Lipinski definition) is 0. The van der Waals surface area contributed by atoms with Gasteiger partial charge in [-0.3, -0.25) is 4.79 Å². The van der Waals surface area contributed by atoms with Crippen molar-refractivity contribution in [1.29, 1.82) is 0 Å². The highest BCUT2D eigenvalue weighted by molar-refractivity contribution is 7.19. The van der Waals surface area contributed by atoms with Crippen LogP contribution in [0.25, 0.3) is 21.6 Å². The number of fused-ring (bicyclic) bond motifs is 1. The first-order valence-electron chi connectivity index (χ1n) is 9.93. The van der Waals surface area contributed by atoms with Crippen LogP contribution in [-0.4, -0.2) is 73.3 Å². The molecule has 0 radical (unpaired) electrons. The molecule has 0 aliphatic carbocycles. The number of amides is 1. The molecule has 9 nitrogen and oxygen atoms in total. The second kappa shape index (κ2) is 9.03. The Morgan fingerprint density at radius 2 is 2.00 bits per heavy atom. The molecule has 164 valence electrons. The molecule has 10 heteroatoms. The zero-order valence-electron chi connectivity index (χ0n) is 18.0.